The molecule has 1 aromatic carbocycles. The highest BCUT2D eigenvalue weighted by Gasteiger charge is 2.06. The molecular formula is C16H21NO2S2. The molecule has 0 fully saturated rings. The van der Waals surface area contributed by atoms with E-state index in [2.05, 4.69) is 56.2 Å². The standard InChI is InChI=1S/C13H17NS2.C3H4O2/c1-4-11-7-9-12(10-8-11)16-13(15)14(5-2)6-3;1-2-3(4)5/h4,7-10H,1,5-6H2,2-3H3;2H,1H2,(H,4,5). The summed E-state index contributed by atoms with van der Waals surface area (Å²) >= 11 is 7.03. The molecule has 0 amide bonds. The van der Waals surface area contributed by atoms with Gasteiger partial charge in [-0.2, -0.15) is 0 Å². The lowest BCUT2D eigenvalue weighted by Gasteiger charge is -2.20. The molecule has 0 aromatic heterocycles. The van der Waals surface area contributed by atoms with Crippen molar-refractivity contribution in [3.05, 3.63) is 49.1 Å². The zero-order valence-electron chi connectivity index (χ0n) is 12.4. The van der Waals surface area contributed by atoms with Crippen molar-refractivity contribution in [1.29, 1.82) is 0 Å². The molecule has 21 heavy (non-hydrogen) atoms. The van der Waals surface area contributed by atoms with Gasteiger partial charge in [-0.05, 0) is 31.5 Å². The molecule has 0 unspecified atom stereocenters. The molecule has 5 heteroatoms. The van der Waals surface area contributed by atoms with E-state index < -0.39 is 5.97 Å². The van der Waals surface area contributed by atoms with Crippen molar-refractivity contribution in [2.75, 3.05) is 13.1 Å². The first kappa shape index (κ1) is 19.4. The van der Waals surface area contributed by atoms with Crippen LogP contribution >= 0.6 is 24.0 Å². The van der Waals surface area contributed by atoms with Crippen molar-refractivity contribution in [2.24, 2.45) is 0 Å². The van der Waals surface area contributed by atoms with Gasteiger partial charge in [-0.3, -0.25) is 0 Å². The summed E-state index contributed by atoms with van der Waals surface area (Å²) in [5.74, 6) is -0.981. The van der Waals surface area contributed by atoms with Crippen molar-refractivity contribution in [2.45, 2.75) is 18.7 Å². The summed E-state index contributed by atoms with van der Waals surface area (Å²) in [4.78, 5) is 12.6. The lowest BCUT2D eigenvalue weighted by atomic mass is 10.2. The molecule has 0 heterocycles. The third-order valence-electron chi connectivity index (χ3n) is 2.52. The van der Waals surface area contributed by atoms with Crippen LogP contribution in [0.3, 0.4) is 0 Å². The van der Waals surface area contributed by atoms with Gasteiger partial charge < -0.3 is 10.0 Å². The van der Waals surface area contributed by atoms with Crippen LogP contribution in [0.2, 0.25) is 0 Å². The minimum atomic E-state index is -0.981. The van der Waals surface area contributed by atoms with E-state index in [0.717, 1.165) is 29.0 Å². The van der Waals surface area contributed by atoms with Crippen molar-refractivity contribution in [3.8, 4) is 0 Å². The second-order valence-electron chi connectivity index (χ2n) is 3.86. The molecule has 0 atom stereocenters. The predicted octanol–water partition coefficient (Wildman–Crippen LogP) is 4.31. The van der Waals surface area contributed by atoms with E-state index in [4.69, 9.17) is 17.3 Å². The van der Waals surface area contributed by atoms with Crippen molar-refractivity contribution in [1.82, 2.24) is 4.90 Å². The molecule has 1 aromatic rings. The number of thiocarbonyl (C=S) groups is 1. The van der Waals surface area contributed by atoms with E-state index in [9.17, 15) is 4.79 Å². The molecule has 1 N–H and O–H groups in total. The largest absolute Gasteiger partial charge is 0.478 e. The maximum atomic E-state index is 9.25. The number of hydrogen-bond acceptors (Lipinski definition) is 3. The van der Waals surface area contributed by atoms with Crippen LogP contribution in [0.4, 0.5) is 0 Å². The Labute approximate surface area is 136 Å². The number of carboxylic acid groups (broad SMARTS) is 1. The van der Waals surface area contributed by atoms with E-state index in [1.54, 1.807) is 11.8 Å². The molecule has 0 aliphatic heterocycles. The minimum absolute atomic E-state index is 0.833. The fraction of sp³-hybridized carbons (Fsp3) is 0.250. The SMILES string of the molecule is C=CC(=O)O.C=Cc1ccc(SC(=S)N(CC)CC)cc1. The van der Waals surface area contributed by atoms with E-state index in [1.807, 2.05) is 6.08 Å². The van der Waals surface area contributed by atoms with Gasteiger partial charge in [-0.15, -0.1) is 0 Å². The predicted molar refractivity (Wildman–Crippen MR) is 95.7 cm³/mol. The summed E-state index contributed by atoms with van der Waals surface area (Å²) in [7, 11) is 0. The van der Waals surface area contributed by atoms with Crippen LogP contribution in [0.1, 0.15) is 19.4 Å². The molecular weight excluding hydrogens is 302 g/mol. The number of rotatable bonds is 5. The number of hydrogen-bond donors (Lipinski definition) is 1. The van der Waals surface area contributed by atoms with Crippen LogP contribution in [-0.4, -0.2) is 33.4 Å². The van der Waals surface area contributed by atoms with Gasteiger partial charge in [-0.1, -0.05) is 55.3 Å². The van der Waals surface area contributed by atoms with Gasteiger partial charge in [0.2, 0.25) is 0 Å². The van der Waals surface area contributed by atoms with Gasteiger partial charge in [0.05, 0.1) is 0 Å². The molecule has 1 rings (SSSR count). The lowest BCUT2D eigenvalue weighted by molar-refractivity contribution is -0.131. The monoisotopic (exact) mass is 323 g/mol. The zero-order chi connectivity index (χ0) is 16.3. The molecule has 0 spiro atoms. The minimum Gasteiger partial charge on any atom is -0.478 e. The zero-order valence-corrected chi connectivity index (χ0v) is 14.0. The fourth-order valence-electron chi connectivity index (χ4n) is 1.32. The molecule has 0 aliphatic rings. The first-order valence-electron chi connectivity index (χ1n) is 6.53. The van der Waals surface area contributed by atoms with Gasteiger partial charge in [0.15, 0.2) is 0 Å². The number of carbonyl (C=O) groups is 1. The molecule has 3 nitrogen and oxygen atoms in total. The Bertz CT molecular complexity index is 480. The fourth-order valence-corrected chi connectivity index (χ4v) is 2.73. The highest BCUT2D eigenvalue weighted by molar-refractivity contribution is 8.22. The van der Waals surface area contributed by atoms with E-state index >= 15 is 0 Å². The summed E-state index contributed by atoms with van der Waals surface area (Å²) in [6, 6.07) is 8.27. The Kier molecular flexibility index (Phi) is 10.3. The molecule has 0 aliphatic carbocycles. The van der Waals surface area contributed by atoms with Crippen LogP contribution in [0.15, 0.2) is 48.4 Å². The van der Waals surface area contributed by atoms with E-state index in [0.29, 0.717) is 0 Å². The second kappa shape index (κ2) is 11.1. The highest BCUT2D eigenvalue weighted by Crippen LogP contribution is 2.22. The number of thioether (sulfide) groups is 1. The summed E-state index contributed by atoms with van der Waals surface area (Å²) in [6.45, 7) is 12.9. The third kappa shape index (κ3) is 8.32. The van der Waals surface area contributed by atoms with E-state index in [-0.39, 0.29) is 0 Å². The Balaban J connectivity index is 0.000000690. The van der Waals surface area contributed by atoms with Crippen molar-refractivity contribution >= 4 is 40.3 Å². The first-order chi connectivity index (χ1) is 9.98. The summed E-state index contributed by atoms with van der Waals surface area (Å²) in [5.41, 5.74) is 1.14. The molecule has 0 saturated heterocycles. The van der Waals surface area contributed by atoms with E-state index in [1.165, 1.54) is 4.90 Å². The summed E-state index contributed by atoms with van der Waals surface area (Å²) < 4.78 is 0.941. The highest BCUT2D eigenvalue weighted by atomic mass is 32.2. The topological polar surface area (TPSA) is 40.5 Å². The number of carboxylic acids is 1. The van der Waals surface area contributed by atoms with Gasteiger partial charge in [-0.25, -0.2) is 4.79 Å². The smallest absolute Gasteiger partial charge is 0.327 e. The molecule has 0 radical (unpaired) electrons. The van der Waals surface area contributed by atoms with Crippen LogP contribution < -0.4 is 0 Å². The summed E-state index contributed by atoms with van der Waals surface area (Å²) in [5, 5.41) is 7.60. The first-order valence-corrected chi connectivity index (χ1v) is 7.75. The number of nitrogens with zero attached hydrogens (tertiary/aromatic N) is 1. The average molecular weight is 323 g/mol. The van der Waals surface area contributed by atoms with Crippen LogP contribution in [-0.2, 0) is 4.79 Å². The van der Waals surface area contributed by atoms with Gasteiger partial charge >= 0.3 is 5.97 Å². The Morgan fingerprint density at radius 1 is 1.29 bits per heavy atom. The van der Waals surface area contributed by atoms with Crippen LogP contribution in [0.5, 0.6) is 0 Å². The molecule has 0 saturated carbocycles. The van der Waals surface area contributed by atoms with Crippen molar-refractivity contribution in [3.63, 3.8) is 0 Å². The quantitative estimate of drug-likeness (QED) is 0.497. The van der Waals surface area contributed by atoms with Gasteiger partial charge in [0.25, 0.3) is 0 Å². The third-order valence-corrected chi connectivity index (χ3v) is 3.97. The molecule has 0 bridgehead atoms. The van der Waals surface area contributed by atoms with Crippen LogP contribution in [0, 0.1) is 0 Å². The Morgan fingerprint density at radius 3 is 2.10 bits per heavy atom. The Morgan fingerprint density at radius 2 is 1.76 bits per heavy atom. The van der Waals surface area contributed by atoms with Crippen molar-refractivity contribution < 1.29 is 9.90 Å². The number of aliphatic carboxylic acids is 1. The second-order valence-corrected chi connectivity index (χ2v) is 5.56. The maximum Gasteiger partial charge on any atom is 0.327 e. The van der Waals surface area contributed by atoms with Gasteiger partial charge in [0.1, 0.15) is 4.32 Å². The Hall–Kier alpha value is -1.59. The summed E-state index contributed by atoms with van der Waals surface area (Å²) in [6.07, 6.45) is 2.68. The van der Waals surface area contributed by atoms with Crippen LogP contribution in [0.25, 0.3) is 6.08 Å². The normalized spacial score (nSPS) is 9.05. The van der Waals surface area contributed by atoms with Gasteiger partial charge in [0, 0.05) is 24.1 Å². The average Bonchev–Trinajstić information content (AvgIpc) is 2.49. The maximum absolute atomic E-state index is 9.25. The lowest BCUT2D eigenvalue weighted by Crippen LogP contribution is -2.26. The molecule has 114 valence electrons. The number of benzene rings is 1.